The molecule has 0 unspecified atom stereocenters. The van der Waals surface area contributed by atoms with E-state index in [9.17, 15) is 22.0 Å². The average molecular weight is 470 g/mol. The first kappa shape index (κ1) is 20.9. The molecule has 168 valence electrons. The number of halogens is 2. The lowest BCUT2D eigenvalue weighted by Crippen LogP contribution is -2.16. The third-order valence-electron chi connectivity index (χ3n) is 5.08. The van der Waals surface area contributed by atoms with Crippen molar-refractivity contribution in [1.29, 1.82) is 0 Å². The van der Waals surface area contributed by atoms with Crippen molar-refractivity contribution in [1.82, 2.24) is 19.9 Å². The Labute approximate surface area is 186 Å². The van der Waals surface area contributed by atoms with Crippen LogP contribution in [0.3, 0.4) is 0 Å². The van der Waals surface area contributed by atoms with Gasteiger partial charge in [0, 0.05) is 17.2 Å². The second-order valence-corrected chi connectivity index (χ2v) is 9.20. The molecule has 2 aromatic carbocycles. The van der Waals surface area contributed by atoms with E-state index in [2.05, 4.69) is 30.0 Å². The van der Waals surface area contributed by atoms with Crippen LogP contribution in [0.4, 0.5) is 20.4 Å². The van der Waals surface area contributed by atoms with Crippen LogP contribution in [0, 0.1) is 17.6 Å². The smallest absolute Gasteiger partial charge is 0.261 e. The van der Waals surface area contributed by atoms with Gasteiger partial charge in [-0.2, -0.15) is 4.98 Å². The van der Waals surface area contributed by atoms with Crippen LogP contribution >= 0.6 is 0 Å². The Balaban J connectivity index is 1.42. The summed E-state index contributed by atoms with van der Waals surface area (Å²) < 4.78 is 53.9. The van der Waals surface area contributed by atoms with Crippen LogP contribution in [0.1, 0.15) is 12.8 Å². The fourth-order valence-corrected chi connectivity index (χ4v) is 4.28. The minimum Gasteiger partial charge on any atom is -0.341 e. The van der Waals surface area contributed by atoms with Crippen molar-refractivity contribution in [2.24, 2.45) is 5.92 Å². The summed E-state index contributed by atoms with van der Waals surface area (Å²) in [5, 5.41) is 2.70. The molecule has 12 heteroatoms. The van der Waals surface area contributed by atoms with Crippen molar-refractivity contribution in [3.05, 3.63) is 60.4 Å². The number of imidazole rings is 1. The topological polar surface area (TPSA) is 130 Å². The fraction of sp³-hybridized carbons (Fsp3) is 0.143. The summed E-state index contributed by atoms with van der Waals surface area (Å²) in [4.78, 5) is 27.5. The van der Waals surface area contributed by atoms with Gasteiger partial charge in [0.2, 0.25) is 11.9 Å². The normalized spacial score (nSPS) is 13.8. The predicted octanol–water partition coefficient (Wildman–Crippen LogP) is 3.45. The Kier molecular flexibility index (Phi) is 5.01. The quantitative estimate of drug-likeness (QED) is 0.396. The number of hydrogen-bond acceptors (Lipinski definition) is 6. The van der Waals surface area contributed by atoms with E-state index >= 15 is 0 Å². The van der Waals surface area contributed by atoms with Crippen LogP contribution in [0.15, 0.2) is 53.7 Å². The molecule has 0 aliphatic heterocycles. The molecule has 1 aliphatic rings. The maximum atomic E-state index is 13.4. The number of hydrogen-bond donors (Lipinski definition) is 3. The van der Waals surface area contributed by atoms with E-state index in [-0.39, 0.29) is 23.5 Å². The summed E-state index contributed by atoms with van der Waals surface area (Å²) in [5.74, 6) is -2.43. The van der Waals surface area contributed by atoms with Crippen molar-refractivity contribution in [2.45, 2.75) is 17.7 Å². The molecule has 1 saturated carbocycles. The molecule has 1 amide bonds. The monoisotopic (exact) mass is 470 g/mol. The van der Waals surface area contributed by atoms with Crippen molar-refractivity contribution < 1.29 is 22.0 Å². The molecule has 9 nitrogen and oxygen atoms in total. The van der Waals surface area contributed by atoms with Gasteiger partial charge in [0.15, 0.2) is 17.3 Å². The van der Waals surface area contributed by atoms with E-state index in [1.807, 2.05) is 0 Å². The molecule has 1 aliphatic carbocycles. The Morgan fingerprint density at radius 1 is 1.03 bits per heavy atom. The standard InChI is InChI=1S/C21H16F2N6O3S/c22-15-8-7-14(9-16(15)23)33(31,32)29-13-5-3-11(4-6-13)17-18-19(25-10-24-18)27-21(26-17)28-20(30)12-1-2-12/h3-10,12,29H,1-2H2,(H2,24,25,26,27,28,30). The number of H-pyrrole nitrogens is 1. The zero-order chi connectivity index (χ0) is 23.2. The zero-order valence-corrected chi connectivity index (χ0v) is 17.7. The van der Waals surface area contributed by atoms with E-state index in [0.29, 0.717) is 28.5 Å². The molecule has 2 heterocycles. The summed E-state index contributed by atoms with van der Waals surface area (Å²) in [7, 11) is -4.12. The molecule has 1 fully saturated rings. The number of carbonyl (C=O) groups is 1. The molecule has 5 rings (SSSR count). The number of fused-ring (bicyclic) bond motifs is 1. The molecule has 0 bridgehead atoms. The van der Waals surface area contributed by atoms with Gasteiger partial charge in [0.1, 0.15) is 11.2 Å². The van der Waals surface area contributed by atoms with Crippen molar-refractivity contribution in [3.63, 3.8) is 0 Å². The number of aromatic nitrogens is 4. The summed E-state index contributed by atoms with van der Waals surface area (Å²) in [6.07, 6.45) is 3.14. The first-order valence-corrected chi connectivity index (χ1v) is 11.4. The van der Waals surface area contributed by atoms with E-state index in [1.54, 1.807) is 12.1 Å². The van der Waals surface area contributed by atoms with E-state index in [0.717, 1.165) is 25.0 Å². The van der Waals surface area contributed by atoms with Gasteiger partial charge in [-0.15, -0.1) is 0 Å². The van der Waals surface area contributed by atoms with Crippen molar-refractivity contribution >= 4 is 38.7 Å². The minimum atomic E-state index is -4.12. The highest BCUT2D eigenvalue weighted by Gasteiger charge is 2.30. The van der Waals surface area contributed by atoms with Crippen LogP contribution in [0.2, 0.25) is 0 Å². The lowest BCUT2D eigenvalue weighted by atomic mass is 10.1. The number of anilines is 2. The molecule has 3 N–H and O–H groups in total. The Morgan fingerprint density at radius 2 is 1.79 bits per heavy atom. The molecular weight excluding hydrogens is 454 g/mol. The summed E-state index contributed by atoms with van der Waals surface area (Å²) >= 11 is 0. The number of carbonyl (C=O) groups excluding carboxylic acids is 1. The first-order chi connectivity index (χ1) is 15.8. The Hall–Kier alpha value is -3.93. The van der Waals surface area contributed by atoms with Gasteiger partial charge in [-0.25, -0.2) is 27.2 Å². The summed E-state index contributed by atoms with van der Waals surface area (Å²) in [6.45, 7) is 0. The highest BCUT2D eigenvalue weighted by molar-refractivity contribution is 7.92. The largest absolute Gasteiger partial charge is 0.341 e. The number of benzene rings is 2. The van der Waals surface area contributed by atoms with E-state index in [1.165, 1.54) is 18.5 Å². The number of rotatable bonds is 6. The van der Waals surface area contributed by atoms with Crippen LogP contribution in [0.25, 0.3) is 22.4 Å². The van der Waals surface area contributed by atoms with Crippen molar-refractivity contribution in [3.8, 4) is 11.3 Å². The summed E-state index contributed by atoms with van der Waals surface area (Å²) in [5.41, 5.74) is 2.22. The van der Waals surface area contributed by atoms with Crippen molar-refractivity contribution in [2.75, 3.05) is 10.0 Å². The molecule has 2 aromatic heterocycles. The average Bonchev–Trinajstić information content (AvgIpc) is 3.53. The molecule has 0 radical (unpaired) electrons. The van der Waals surface area contributed by atoms with Gasteiger partial charge in [-0.3, -0.25) is 14.8 Å². The molecule has 0 saturated heterocycles. The number of amides is 1. The maximum absolute atomic E-state index is 13.4. The lowest BCUT2D eigenvalue weighted by Gasteiger charge is -2.10. The number of nitrogens with zero attached hydrogens (tertiary/aromatic N) is 3. The molecule has 0 spiro atoms. The second-order valence-electron chi connectivity index (χ2n) is 7.52. The minimum absolute atomic E-state index is 0.0196. The number of aromatic amines is 1. The zero-order valence-electron chi connectivity index (χ0n) is 16.8. The summed E-state index contributed by atoms with van der Waals surface area (Å²) in [6, 6.07) is 8.58. The van der Waals surface area contributed by atoms with Gasteiger partial charge in [-0.05, 0) is 43.2 Å². The fourth-order valence-electron chi connectivity index (χ4n) is 3.21. The molecular formula is C21H16F2N6O3S. The third kappa shape index (κ3) is 4.24. The molecule has 33 heavy (non-hydrogen) atoms. The van der Waals surface area contributed by atoms with Gasteiger partial charge >= 0.3 is 0 Å². The lowest BCUT2D eigenvalue weighted by molar-refractivity contribution is -0.117. The number of sulfonamides is 1. The molecule has 0 atom stereocenters. The van der Waals surface area contributed by atoms with E-state index in [4.69, 9.17) is 0 Å². The molecule has 4 aromatic rings. The Morgan fingerprint density at radius 3 is 2.48 bits per heavy atom. The SMILES string of the molecule is O=C(Nc1nc(-c2ccc(NS(=O)(=O)c3ccc(F)c(F)c3)cc2)c2[nH]cnc2n1)C1CC1. The van der Waals surface area contributed by atoms with Crippen LogP contribution in [0.5, 0.6) is 0 Å². The van der Waals surface area contributed by atoms with Gasteiger partial charge in [-0.1, -0.05) is 12.1 Å². The highest BCUT2D eigenvalue weighted by atomic mass is 32.2. The van der Waals surface area contributed by atoms with Crippen LogP contribution in [-0.2, 0) is 14.8 Å². The van der Waals surface area contributed by atoms with Gasteiger partial charge in [0.05, 0.1) is 11.2 Å². The second kappa shape index (κ2) is 7.89. The maximum Gasteiger partial charge on any atom is 0.261 e. The van der Waals surface area contributed by atoms with Crippen LogP contribution in [-0.4, -0.2) is 34.3 Å². The first-order valence-electron chi connectivity index (χ1n) is 9.90. The predicted molar refractivity (Wildman–Crippen MR) is 116 cm³/mol. The van der Waals surface area contributed by atoms with Gasteiger partial charge < -0.3 is 4.98 Å². The highest BCUT2D eigenvalue weighted by Crippen LogP contribution is 2.31. The van der Waals surface area contributed by atoms with Crippen LogP contribution < -0.4 is 10.0 Å². The van der Waals surface area contributed by atoms with Gasteiger partial charge in [0.25, 0.3) is 10.0 Å². The number of nitrogens with one attached hydrogen (secondary N) is 3. The Bertz CT molecular complexity index is 1480. The third-order valence-corrected chi connectivity index (χ3v) is 6.46. The van der Waals surface area contributed by atoms with E-state index < -0.39 is 26.6 Å².